The number of rotatable bonds is 3. The maximum Gasteiger partial charge on any atom is 0.0576 e. The van der Waals surface area contributed by atoms with E-state index < -0.39 is 0 Å². The van der Waals surface area contributed by atoms with Crippen LogP contribution < -0.4 is 5.32 Å². The molecule has 1 fully saturated rings. The normalized spacial score (nSPS) is 20.8. The minimum Gasteiger partial charge on any atom is -0.380 e. The van der Waals surface area contributed by atoms with Gasteiger partial charge in [-0.1, -0.05) is 38.0 Å². The molecule has 1 aliphatic carbocycles. The predicted octanol–water partition coefficient (Wildman–Crippen LogP) is 3.39. The van der Waals surface area contributed by atoms with E-state index in [1.54, 1.807) is 0 Å². The van der Waals surface area contributed by atoms with E-state index in [2.05, 4.69) is 25.4 Å². The van der Waals surface area contributed by atoms with Crippen molar-refractivity contribution in [2.45, 2.75) is 51.5 Å². The monoisotopic (exact) mass is 179 g/mol. The van der Waals surface area contributed by atoms with E-state index in [9.17, 15) is 0 Å². The summed E-state index contributed by atoms with van der Waals surface area (Å²) < 4.78 is 0. The lowest BCUT2D eigenvalue weighted by Gasteiger charge is -2.40. The Morgan fingerprint density at radius 2 is 1.62 bits per heavy atom. The molecule has 1 heteroatoms. The van der Waals surface area contributed by atoms with Crippen LogP contribution in [0.5, 0.6) is 0 Å². The fraction of sp³-hybridized carbons (Fsp3) is 0.667. The third-order valence-corrected chi connectivity index (χ3v) is 2.98. The molecule has 0 aromatic rings. The summed E-state index contributed by atoms with van der Waals surface area (Å²) in [5, 5.41) is 3.50. The first-order valence-corrected chi connectivity index (χ1v) is 5.16. The second-order valence-electron chi connectivity index (χ2n) is 4.33. The van der Waals surface area contributed by atoms with E-state index in [1.165, 1.54) is 37.7 Å². The summed E-state index contributed by atoms with van der Waals surface area (Å²) in [6, 6.07) is 0. The summed E-state index contributed by atoms with van der Waals surface area (Å²) in [6.07, 6.45) is 6.43. The highest BCUT2D eigenvalue weighted by Gasteiger charge is 2.32. The van der Waals surface area contributed by atoms with Gasteiger partial charge in [0.25, 0.3) is 0 Å². The van der Waals surface area contributed by atoms with Crippen LogP contribution in [0.2, 0.25) is 0 Å². The van der Waals surface area contributed by atoms with Crippen LogP contribution in [0.15, 0.2) is 24.4 Å². The van der Waals surface area contributed by atoms with Crippen LogP contribution in [-0.4, -0.2) is 5.54 Å². The van der Waals surface area contributed by atoms with Crippen LogP contribution in [0.25, 0.3) is 0 Å². The minimum atomic E-state index is 0.157. The minimum absolute atomic E-state index is 0.157. The van der Waals surface area contributed by atoms with Gasteiger partial charge in [0.15, 0.2) is 0 Å². The van der Waals surface area contributed by atoms with E-state index in [4.69, 9.17) is 0 Å². The fourth-order valence-corrected chi connectivity index (χ4v) is 2.22. The molecule has 0 spiro atoms. The van der Waals surface area contributed by atoms with Gasteiger partial charge in [-0.15, -0.1) is 0 Å². The number of allylic oxidation sites excluding steroid dienone is 1. The molecule has 1 rings (SSSR count). The molecule has 0 saturated heterocycles. The summed E-state index contributed by atoms with van der Waals surface area (Å²) >= 11 is 0. The fourth-order valence-electron chi connectivity index (χ4n) is 2.22. The molecule has 0 unspecified atom stereocenters. The highest BCUT2D eigenvalue weighted by Crippen LogP contribution is 2.33. The molecule has 1 saturated carbocycles. The van der Waals surface area contributed by atoms with E-state index >= 15 is 0 Å². The molecule has 0 aromatic heterocycles. The van der Waals surface area contributed by atoms with Crippen molar-refractivity contribution in [2.24, 2.45) is 0 Å². The van der Waals surface area contributed by atoms with Gasteiger partial charge in [-0.2, -0.15) is 0 Å². The quantitative estimate of drug-likeness (QED) is 0.655. The molecule has 0 radical (unpaired) electrons. The summed E-state index contributed by atoms with van der Waals surface area (Å²) in [5.74, 6) is 0. The van der Waals surface area contributed by atoms with Crippen LogP contribution >= 0.6 is 0 Å². The Kier molecular flexibility index (Phi) is 3.18. The van der Waals surface area contributed by atoms with Gasteiger partial charge in [-0.05, 0) is 26.7 Å². The van der Waals surface area contributed by atoms with Crippen LogP contribution in [0.1, 0.15) is 46.0 Å². The first-order chi connectivity index (χ1) is 6.07. The molecule has 0 bridgehead atoms. The summed E-state index contributed by atoms with van der Waals surface area (Å²) in [7, 11) is 0. The van der Waals surface area contributed by atoms with Crippen molar-refractivity contribution in [3.05, 3.63) is 24.4 Å². The molecule has 0 heterocycles. The standard InChI is InChI=1S/C12H21N/c1-10(2)12(13-11(3)4)8-6-5-7-9-12/h13H,1,3,5-9H2,2,4H3. The Hall–Kier alpha value is -0.720. The number of hydrogen-bond acceptors (Lipinski definition) is 1. The zero-order chi connectivity index (χ0) is 9.90. The van der Waals surface area contributed by atoms with Gasteiger partial charge in [-0.25, -0.2) is 0 Å². The van der Waals surface area contributed by atoms with E-state index in [-0.39, 0.29) is 5.54 Å². The van der Waals surface area contributed by atoms with Crippen LogP contribution in [0.4, 0.5) is 0 Å². The predicted molar refractivity (Wildman–Crippen MR) is 58.6 cm³/mol. The smallest absolute Gasteiger partial charge is 0.0576 e. The third-order valence-electron chi connectivity index (χ3n) is 2.98. The molecule has 1 aliphatic rings. The zero-order valence-corrected chi connectivity index (χ0v) is 8.95. The Morgan fingerprint density at radius 1 is 1.08 bits per heavy atom. The Balaban J connectivity index is 2.73. The SMILES string of the molecule is C=C(C)NC1(C(=C)C)CCCCC1. The highest BCUT2D eigenvalue weighted by molar-refractivity contribution is 5.18. The Labute approximate surface area is 81.9 Å². The molecular weight excluding hydrogens is 158 g/mol. The molecule has 0 aromatic carbocycles. The van der Waals surface area contributed by atoms with Crippen molar-refractivity contribution in [1.29, 1.82) is 0 Å². The van der Waals surface area contributed by atoms with Gasteiger partial charge < -0.3 is 5.32 Å². The Morgan fingerprint density at radius 3 is 2.00 bits per heavy atom. The van der Waals surface area contributed by atoms with Crippen LogP contribution in [0.3, 0.4) is 0 Å². The van der Waals surface area contributed by atoms with Crippen molar-refractivity contribution in [2.75, 3.05) is 0 Å². The van der Waals surface area contributed by atoms with Gasteiger partial charge in [-0.3, -0.25) is 0 Å². The first kappa shape index (κ1) is 10.4. The summed E-state index contributed by atoms with van der Waals surface area (Å²) in [6.45, 7) is 12.2. The van der Waals surface area contributed by atoms with E-state index in [0.29, 0.717) is 0 Å². The van der Waals surface area contributed by atoms with Gasteiger partial charge in [0, 0.05) is 5.70 Å². The largest absolute Gasteiger partial charge is 0.380 e. The number of nitrogens with one attached hydrogen (secondary N) is 1. The van der Waals surface area contributed by atoms with E-state index in [1.807, 2.05) is 6.92 Å². The average molecular weight is 179 g/mol. The van der Waals surface area contributed by atoms with Gasteiger partial charge in [0.1, 0.15) is 0 Å². The lowest BCUT2D eigenvalue weighted by molar-refractivity contribution is 0.295. The molecule has 0 amide bonds. The molecule has 1 nitrogen and oxygen atoms in total. The lowest BCUT2D eigenvalue weighted by atomic mass is 9.77. The average Bonchev–Trinajstić information content (AvgIpc) is 2.04. The van der Waals surface area contributed by atoms with Gasteiger partial charge in [0.2, 0.25) is 0 Å². The van der Waals surface area contributed by atoms with Gasteiger partial charge in [0.05, 0.1) is 5.54 Å². The van der Waals surface area contributed by atoms with Crippen molar-refractivity contribution in [3.8, 4) is 0 Å². The molecule has 0 atom stereocenters. The maximum atomic E-state index is 4.10. The third kappa shape index (κ3) is 2.36. The maximum absolute atomic E-state index is 4.10. The van der Waals surface area contributed by atoms with Crippen molar-refractivity contribution in [3.63, 3.8) is 0 Å². The second kappa shape index (κ2) is 3.99. The Bertz CT molecular complexity index is 209. The van der Waals surface area contributed by atoms with Crippen LogP contribution in [0, 0.1) is 0 Å². The van der Waals surface area contributed by atoms with E-state index in [0.717, 1.165) is 5.70 Å². The molecule has 1 N–H and O–H groups in total. The lowest BCUT2D eigenvalue weighted by Crippen LogP contribution is -2.46. The summed E-state index contributed by atoms with van der Waals surface area (Å²) in [5.41, 5.74) is 2.48. The van der Waals surface area contributed by atoms with Crippen molar-refractivity contribution >= 4 is 0 Å². The van der Waals surface area contributed by atoms with Crippen molar-refractivity contribution < 1.29 is 0 Å². The molecule has 74 valence electrons. The second-order valence-corrected chi connectivity index (χ2v) is 4.33. The van der Waals surface area contributed by atoms with Crippen molar-refractivity contribution in [1.82, 2.24) is 5.32 Å². The first-order valence-electron chi connectivity index (χ1n) is 5.16. The summed E-state index contributed by atoms with van der Waals surface area (Å²) in [4.78, 5) is 0. The number of hydrogen-bond donors (Lipinski definition) is 1. The topological polar surface area (TPSA) is 12.0 Å². The zero-order valence-electron chi connectivity index (χ0n) is 8.95. The highest BCUT2D eigenvalue weighted by atomic mass is 15.0. The molecule has 0 aliphatic heterocycles. The molecule has 13 heavy (non-hydrogen) atoms. The van der Waals surface area contributed by atoms with Gasteiger partial charge >= 0.3 is 0 Å². The van der Waals surface area contributed by atoms with Crippen LogP contribution in [-0.2, 0) is 0 Å². The molecular formula is C12H21N.